The number of benzene rings is 1. The van der Waals surface area contributed by atoms with E-state index < -0.39 is 0 Å². The van der Waals surface area contributed by atoms with E-state index in [2.05, 4.69) is 35.7 Å². The summed E-state index contributed by atoms with van der Waals surface area (Å²) in [6.45, 7) is 4.19. The van der Waals surface area contributed by atoms with Crippen molar-refractivity contribution in [1.82, 2.24) is 15.1 Å². The molecule has 1 aliphatic rings. The second-order valence-corrected chi connectivity index (χ2v) is 6.04. The topological polar surface area (TPSA) is 29.9 Å². The first-order chi connectivity index (χ1) is 9.65. The van der Waals surface area contributed by atoms with Crippen molar-refractivity contribution >= 4 is 11.6 Å². The van der Waals surface area contributed by atoms with Gasteiger partial charge in [-0.25, -0.2) is 0 Å². The fourth-order valence-corrected chi connectivity index (χ4v) is 3.40. The summed E-state index contributed by atoms with van der Waals surface area (Å²) >= 11 is 6.00. The molecule has 0 bridgehead atoms. The summed E-state index contributed by atoms with van der Waals surface area (Å²) < 4.78 is 1.92. The number of piperidine rings is 1. The van der Waals surface area contributed by atoms with Crippen molar-refractivity contribution in [3.05, 3.63) is 52.3 Å². The van der Waals surface area contributed by atoms with Gasteiger partial charge in [0.2, 0.25) is 0 Å². The summed E-state index contributed by atoms with van der Waals surface area (Å²) in [5.74, 6) is 1.02. The number of nitrogens with one attached hydrogen (secondary N) is 1. The van der Waals surface area contributed by atoms with Gasteiger partial charge in [-0.3, -0.25) is 4.68 Å². The molecule has 0 saturated carbocycles. The molecule has 0 radical (unpaired) electrons. The van der Waals surface area contributed by atoms with Crippen molar-refractivity contribution in [2.45, 2.75) is 25.2 Å². The number of hydrogen-bond donors (Lipinski definition) is 1. The van der Waals surface area contributed by atoms with Crippen LogP contribution < -0.4 is 5.32 Å². The van der Waals surface area contributed by atoms with Gasteiger partial charge in [0.25, 0.3) is 0 Å². The first kappa shape index (κ1) is 13.7. The van der Waals surface area contributed by atoms with E-state index in [4.69, 9.17) is 11.6 Å². The van der Waals surface area contributed by atoms with Crippen molar-refractivity contribution in [3.8, 4) is 0 Å². The summed E-state index contributed by atoms with van der Waals surface area (Å²) in [7, 11) is 1.99. The average Bonchev–Trinajstić information content (AvgIpc) is 2.78. The van der Waals surface area contributed by atoms with E-state index in [1.54, 1.807) is 0 Å². The molecule has 3 rings (SSSR count). The number of aryl methyl sites for hydroxylation is 2. The monoisotopic (exact) mass is 289 g/mol. The van der Waals surface area contributed by atoms with Gasteiger partial charge in [0.05, 0.1) is 5.69 Å². The zero-order valence-electron chi connectivity index (χ0n) is 11.9. The summed E-state index contributed by atoms with van der Waals surface area (Å²) in [4.78, 5) is 0. The van der Waals surface area contributed by atoms with Crippen molar-refractivity contribution in [1.29, 1.82) is 0 Å². The van der Waals surface area contributed by atoms with Crippen LogP contribution in [0.1, 0.15) is 35.1 Å². The molecule has 0 amide bonds. The molecule has 2 heterocycles. The van der Waals surface area contributed by atoms with Crippen LogP contribution in [0, 0.1) is 6.92 Å². The molecule has 1 aromatic heterocycles. The Morgan fingerprint density at radius 1 is 1.25 bits per heavy atom. The highest BCUT2D eigenvalue weighted by Crippen LogP contribution is 2.38. The zero-order chi connectivity index (χ0) is 14.1. The van der Waals surface area contributed by atoms with Crippen LogP contribution in [0.4, 0.5) is 0 Å². The predicted molar refractivity (Wildman–Crippen MR) is 82.4 cm³/mol. The molecule has 1 aliphatic heterocycles. The minimum Gasteiger partial charge on any atom is -0.316 e. The van der Waals surface area contributed by atoms with Gasteiger partial charge in [0.15, 0.2) is 0 Å². The lowest BCUT2D eigenvalue weighted by molar-refractivity contribution is 0.403. The molecule has 1 N–H and O–H groups in total. The van der Waals surface area contributed by atoms with Crippen molar-refractivity contribution < 1.29 is 0 Å². The molecule has 4 heteroatoms. The van der Waals surface area contributed by atoms with E-state index in [0.717, 1.165) is 30.2 Å². The molecule has 3 nitrogen and oxygen atoms in total. The number of hydrogen-bond acceptors (Lipinski definition) is 2. The number of rotatable bonds is 2. The average molecular weight is 290 g/mol. The third kappa shape index (κ3) is 2.60. The van der Waals surface area contributed by atoms with Crippen LogP contribution in [0.15, 0.2) is 30.5 Å². The fraction of sp³-hybridized carbons (Fsp3) is 0.438. The number of nitrogens with zero attached hydrogens (tertiary/aromatic N) is 2. The van der Waals surface area contributed by atoms with Crippen molar-refractivity contribution in [2.75, 3.05) is 13.1 Å². The SMILES string of the molecule is Cc1nn(C)cc1C1CCNCC1c1ccc(Cl)cc1. The van der Waals surface area contributed by atoms with Gasteiger partial charge in [-0.1, -0.05) is 23.7 Å². The Hall–Kier alpha value is -1.32. The van der Waals surface area contributed by atoms with Gasteiger partial charge in [-0.15, -0.1) is 0 Å². The molecular weight excluding hydrogens is 270 g/mol. The minimum atomic E-state index is 0.490. The van der Waals surface area contributed by atoms with Crippen LogP contribution in [-0.4, -0.2) is 22.9 Å². The Bertz CT molecular complexity index is 588. The Labute approximate surface area is 124 Å². The Morgan fingerprint density at radius 2 is 2.00 bits per heavy atom. The molecule has 0 spiro atoms. The molecule has 1 saturated heterocycles. The normalized spacial score (nSPS) is 22.9. The van der Waals surface area contributed by atoms with Gasteiger partial charge >= 0.3 is 0 Å². The molecule has 106 valence electrons. The third-order valence-corrected chi connectivity index (χ3v) is 4.48. The highest BCUT2D eigenvalue weighted by atomic mass is 35.5. The highest BCUT2D eigenvalue weighted by Gasteiger charge is 2.29. The van der Waals surface area contributed by atoms with E-state index in [-0.39, 0.29) is 0 Å². The standard InChI is InChI=1S/C16H20ClN3/c1-11-16(10-20(2)19-11)14-7-8-18-9-15(14)12-3-5-13(17)6-4-12/h3-6,10,14-15,18H,7-9H2,1-2H3. The summed E-state index contributed by atoms with van der Waals surface area (Å²) in [6, 6.07) is 8.27. The van der Waals surface area contributed by atoms with Crippen LogP contribution >= 0.6 is 11.6 Å². The van der Waals surface area contributed by atoms with Crippen LogP contribution in [0.5, 0.6) is 0 Å². The first-order valence-corrected chi connectivity index (χ1v) is 7.49. The van der Waals surface area contributed by atoms with Crippen molar-refractivity contribution in [2.24, 2.45) is 7.05 Å². The molecule has 2 atom stereocenters. The molecule has 20 heavy (non-hydrogen) atoms. The van der Waals surface area contributed by atoms with Crippen LogP contribution in [0.25, 0.3) is 0 Å². The lowest BCUT2D eigenvalue weighted by atomic mass is 9.77. The number of aromatic nitrogens is 2. The van der Waals surface area contributed by atoms with E-state index in [9.17, 15) is 0 Å². The van der Waals surface area contributed by atoms with Crippen molar-refractivity contribution in [3.63, 3.8) is 0 Å². The Morgan fingerprint density at radius 3 is 2.65 bits per heavy atom. The lowest BCUT2D eigenvalue weighted by Gasteiger charge is -2.32. The quantitative estimate of drug-likeness (QED) is 0.920. The maximum Gasteiger partial charge on any atom is 0.0628 e. The lowest BCUT2D eigenvalue weighted by Crippen LogP contribution is -2.34. The van der Waals surface area contributed by atoms with E-state index in [0.29, 0.717) is 11.8 Å². The largest absolute Gasteiger partial charge is 0.316 e. The van der Waals surface area contributed by atoms with Crippen LogP contribution in [0.3, 0.4) is 0 Å². The Kier molecular flexibility index (Phi) is 3.81. The molecule has 1 aromatic carbocycles. The maximum absolute atomic E-state index is 6.00. The maximum atomic E-state index is 6.00. The van der Waals surface area contributed by atoms with Gasteiger partial charge < -0.3 is 5.32 Å². The van der Waals surface area contributed by atoms with E-state index >= 15 is 0 Å². The molecule has 2 aromatic rings. The molecule has 1 fully saturated rings. The molecule has 2 unspecified atom stereocenters. The van der Waals surface area contributed by atoms with E-state index in [1.807, 2.05) is 23.9 Å². The second-order valence-electron chi connectivity index (χ2n) is 5.60. The summed E-state index contributed by atoms with van der Waals surface area (Å²) in [5.41, 5.74) is 3.89. The fourth-order valence-electron chi connectivity index (χ4n) is 3.27. The molecule has 0 aliphatic carbocycles. The third-order valence-electron chi connectivity index (χ3n) is 4.23. The van der Waals surface area contributed by atoms with Gasteiger partial charge in [-0.2, -0.15) is 5.10 Å². The number of halogens is 1. The summed E-state index contributed by atoms with van der Waals surface area (Å²) in [6.07, 6.45) is 3.33. The van der Waals surface area contributed by atoms with Crippen LogP contribution in [0.2, 0.25) is 5.02 Å². The first-order valence-electron chi connectivity index (χ1n) is 7.11. The summed E-state index contributed by atoms with van der Waals surface area (Å²) in [5, 5.41) is 8.82. The van der Waals surface area contributed by atoms with Gasteiger partial charge in [0, 0.05) is 30.7 Å². The van der Waals surface area contributed by atoms with Gasteiger partial charge in [0.1, 0.15) is 0 Å². The predicted octanol–water partition coefficient (Wildman–Crippen LogP) is 3.24. The smallest absolute Gasteiger partial charge is 0.0628 e. The highest BCUT2D eigenvalue weighted by molar-refractivity contribution is 6.30. The van der Waals surface area contributed by atoms with Crippen LogP contribution in [-0.2, 0) is 7.05 Å². The molecular formula is C16H20ClN3. The van der Waals surface area contributed by atoms with E-state index in [1.165, 1.54) is 11.1 Å². The minimum absolute atomic E-state index is 0.490. The second kappa shape index (κ2) is 5.58. The van der Waals surface area contributed by atoms with Gasteiger partial charge in [-0.05, 0) is 49.1 Å². The zero-order valence-corrected chi connectivity index (χ0v) is 12.7. The Balaban J connectivity index is 1.95.